The monoisotopic (exact) mass is 316 g/mol. The predicted molar refractivity (Wildman–Crippen MR) is 97.9 cm³/mol. The minimum Gasteiger partial charge on any atom is -0.497 e. The molecular weight excluding hydrogens is 296 g/mol. The zero-order chi connectivity index (χ0) is 16.8. The van der Waals surface area contributed by atoms with Crippen LogP contribution in [0.3, 0.4) is 0 Å². The number of hydrogen-bond acceptors (Lipinski definition) is 2. The lowest BCUT2D eigenvalue weighted by molar-refractivity contribution is 0.135. The van der Waals surface area contributed by atoms with E-state index >= 15 is 0 Å². The van der Waals surface area contributed by atoms with Gasteiger partial charge in [-0.15, -0.1) is 0 Å². The first kappa shape index (κ1) is 16.0. The quantitative estimate of drug-likeness (QED) is 0.743. The fraction of sp³-hybridized carbons (Fsp3) is 0.0909. The Balaban J connectivity index is 2.00. The van der Waals surface area contributed by atoms with Crippen molar-refractivity contribution in [3.05, 3.63) is 108 Å². The van der Waals surface area contributed by atoms with Gasteiger partial charge in [0.2, 0.25) is 0 Å². The first-order valence-electron chi connectivity index (χ1n) is 7.89. The van der Waals surface area contributed by atoms with Crippen molar-refractivity contribution in [2.75, 3.05) is 7.11 Å². The van der Waals surface area contributed by atoms with Crippen LogP contribution in [0.25, 0.3) is 6.08 Å². The SMILES string of the molecule is COc1ccc(/C=C/C(O)(c2ccccc2)c2ccccc2)cc1. The molecule has 0 aliphatic carbocycles. The normalized spacial score (nSPS) is 11.6. The molecule has 0 aromatic heterocycles. The second-order valence-corrected chi connectivity index (χ2v) is 5.60. The summed E-state index contributed by atoms with van der Waals surface area (Å²) in [6.45, 7) is 0. The number of methoxy groups -OCH3 is 1. The lowest BCUT2D eigenvalue weighted by atomic mass is 9.85. The second kappa shape index (κ2) is 7.16. The summed E-state index contributed by atoms with van der Waals surface area (Å²) in [6.07, 6.45) is 3.76. The van der Waals surface area contributed by atoms with Gasteiger partial charge in [-0.3, -0.25) is 0 Å². The Morgan fingerprint density at radius 1 is 0.750 bits per heavy atom. The molecule has 0 saturated carbocycles. The lowest BCUT2D eigenvalue weighted by Gasteiger charge is -2.26. The molecule has 0 radical (unpaired) electrons. The van der Waals surface area contributed by atoms with Gasteiger partial charge >= 0.3 is 0 Å². The van der Waals surface area contributed by atoms with Crippen LogP contribution in [0.5, 0.6) is 5.75 Å². The van der Waals surface area contributed by atoms with E-state index in [4.69, 9.17) is 4.74 Å². The van der Waals surface area contributed by atoms with E-state index in [1.807, 2.05) is 97.1 Å². The Kier molecular flexibility index (Phi) is 4.78. The molecule has 0 unspecified atom stereocenters. The molecule has 120 valence electrons. The van der Waals surface area contributed by atoms with Crippen molar-refractivity contribution < 1.29 is 9.84 Å². The van der Waals surface area contributed by atoms with Crippen molar-refractivity contribution in [2.45, 2.75) is 5.60 Å². The number of rotatable bonds is 5. The molecule has 3 aromatic carbocycles. The van der Waals surface area contributed by atoms with Gasteiger partial charge in [-0.05, 0) is 34.9 Å². The first-order valence-corrected chi connectivity index (χ1v) is 7.89. The van der Waals surface area contributed by atoms with E-state index in [0.29, 0.717) is 0 Å². The molecule has 2 heteroatoms. The van der Waals surface area contributed by atoms with E-state index in [0.717, 1.165) is 22.4 Å². The molecular formula is C22H20O2. The highest BCUT2D eigenvalue weighted by Gasteiger charge is 2.28. The fourth-order valence-electron chi connectivity index (χ4n) is 2.68. The molecule has 0 aliphatic heterocycles. The summed E-state index contributed by atoms with van der Waals surface area (Å²) in [5.41, 5.74) is 1.49. The molecule has 0 saturated heterocycles. The number of ether oxygens (including phenoxy) is 1. The molecule has 2 nitrogen and oxygen atoms in total. The average Bonchev–Trinajstić information content (AvgIpc) is 2.68. The van der Waals surface area contributed by atoms with Crippen LogP contribution in [0.15, 0.2) is 91.0 Å². The van der Waals surface area contributed by atoms with Gasteiger partial charge in [0.15, 0.2) is 0 Å². The molecule has 0 heterocycles. The second-order valence-electron chi connectivity index (χ2n) is 5.60. The summed E-state index contributed by atoms with van der Waals surface area (Å²) in [6, 6.07) is 27.1. The minimum atomic E-state index is -1.18. The highest BCUT2D eigenvalue weighted by Crippen LogP contribution is 2.31. The lowest BCUT2D eigenvalue weighted by Crippen LogP contribution is -2.24. The molecule has 0 aliphatic rings. The van der Waals surface area contributed by atoms with E-state index in [1.54, 1.807) is 7.11 Å². The Morgan fingerprint density at radius 3 is 1.71 bits per heavy atom. The van der Waals surface area contributed by atoms with Crippen molar-refractivity contribution in [3.8, 4) is 5.75 Å². The summed E-state index contributed by atoms with van der Waals surface area (Å²) in [4.78, 5) is 0. The van der Waals surface area contributed by atoms with Gasteiger partial charge in [0, 0.05) is 0 Å². The van der Waals surface area contributed by atoms with Crippen molar-refractivity contribution in [3.63, 3.8) is 0 Å². The third-order valence-corrected chi connectivity index (χ3v) is 4.06. The average molecular weight is 316 g/mol. The van der Waals surface area contributed by atoms with E-state index in [9.17, 15) is 5.11 Å². The molecule has 3 rings (SSSR count). The molecule has 0 atom stereocenters. The van der Waals surface area contributed by atoms with E-state index < -0.39 is 5.60 Å². The summed E-state index contributed by atoms with van der Waals surface area (Å²) in [5, 5.41) is 11.4. The number of aliphatic hydroxyl groups is 1. The summed E-state index contributed by atoms with van der Waals surface area (Å²) in [7, 11) is 1.65. The van der Waals surface area contributed by atoms with Gasteiger partial charge in [0.05, 0.1) is 7.11 Å². The van der Waals surface area contributed by atoms with Crippen LogP contribution in [0.4, 0.5) is 0 Å². The third-order valence-electron chi connectivity index (χ3n) is 4.06. The van der Waals surface area contributed by atoms with Crippen molar-refractivity contribution in [1.29, 1.82) is 0 Å². The smallest absolute Gasteiger partial charge is 0.134 e. The van der Waals surface area contributed by atoms with Crippen molar-refractivity contribution in [1.82, 2.24) is 0 Å². The maximum atomic E-state index is 11.4. The first-order chi connectivity index (χ1) is 11.7. The van der Waals surface area contributed by atoms with Crippen molar-refractivity contribution >= 4 is 6.08 Å². The Hall–Kier alpha value is -2.84. The van der Waals surface area contributed by atoms with Crippen LogP contribution in [0, 0.1) is 0 Å². The van der Waals surface area contributed by atoms with Crippen LogP contribution in [0.1, 0.15) is 16.7 Å². The third kappa shape index (κ3) is 3.39. The standard InChI is InChI=1S/C22H20O2/c1-24-21-14-12-18(13-15-21)16-17-22(23,19-8-4-2-5-9-19)20-10-6-3-7-11-20/h2-17,23H,1H3/b17-16+. The highest BCUT2D eigenvalue weighted by atomic mass is 16.5. The van der Waals surface area contributed by atoms with Gasteiger partial charge in [0.25, 0.3) is 0 Å². The van der Waals surface area contributed by atoms with Gasteiger partial charge in [-0.2, -0.15) is 0 Å². The topological polar surface area (TPSA) is 29.5 Å². The molecule has 1 N–H and O–H groups in total. The molecule has 24 heavy (non-hydrogen) atoms. The number of benzene rings is 3. The molecule has 0 fully saturated rings. The Labute approximate surface area is 142 Å². The van der Waals surface area contributed by atoms with Crippen LogP contribution >= 0.6 is 0 Å². The summed E-state index contributed by atoms with van der Waals surface area (Å²) < 4.78 is 5.18. The molecule has 3 aromatic rings. The minimum absolute atomic E-state index is 0.813. The fourth-order valence-corrected chi connectivity index (χ4v) is 2.68. The summed E-state index contributed by atoms with van der Waals surface area (Å²) >= 11 is 0. The van der Waals surface area contributed by atoms with E-state index in [2.05, 4.69) is 0 Å². The van der Waals surface area contributed by atoms with Crippen LogP contribution < -0.4 is 4.74 Å². The largest absolute Gasteiger partial charge is 0.497 e. The van der Waals surface area contributed by atoms with E-state index in [-0.39, 0.29) is 0 Å². The molecule has 0 amide bonds. The van der Waals surface area contributed by atoms with Crippen LogP contribution in [-0.2, 0) is 5.60 Å². The maximum absolute atomic E-state index is 11.4. The van der Waals surface area contributed by atoms with Crippen LogP contribution in [-0.4, -0.2) is 12.2 Å². The molecule has 0 spiro atoms. The number of hydrogen-bond donors (Lipinski definition) is 1. The summed E-state index contributed by atoms with van der Waals surface area (Å²) in [5.74, 6) is 0.813. The van der Waals surface area contributed by atoms with Gasteiger partial charge in [-0.25, -0.2) is 0 Å². The van der Waals surface area contributed by atoms with Crippen LogP contribution in [0.2, 0.25) is 0 Å². The highest BCUT2D eigenvalue weighted by molar-refractivity contribution is 5.55. The zero-order valence-electron chi connectivity index (χ0n) is 13.6. The van der Waals surface area contributed by atoms with Gasteiger partial charge < -0.3 is 9.84 Å². The van der Waals surface area contributed by atoms with Crippen molar-refractivity contribution in [2.24, 2.45) is 0 Å². The molecule has 0 bridgehead atoms. The zero-order valence-corrected chi connectivity index (χ0v) is 13.6. The Morgan fingerprint density at radius 2 is 1.25 bits per heavy atom. The Bertz CT molecular complexity index is 751. The predicted octanol–water partition coefficient (Wildman–Crippen LogP) is 4.64. The van der Waals surface area contributed by atoms with Gasteiger partial charge in [0.1, 0.15) is 11.4 Å². The maximum Gasteiger partial charge on any atom is 0.134 e. The van der Waals surface area contributed by atoms with E-state index in [1.165, 1.54) is 0 Å². The van der Waals surface area contributed by atoms with Gasteiger partial charge in [-0.1, -0.05) is 78.9 Å².